The van der Waals surface area contributed by atoms with Crippen LogP contribution in [0.1, 0.15) is 39.9 Å². The van der Waals surface area contributed by atoms with Gasteiger partial charge < -0.3 is 4.57 Å². The summed E-state index contributed by atoms with van der Waals surface area (Å²) in [6.07, 6.45) is 4.21. The van der Waals surface area contributed by atoms with Crippen LogP contribution in [0.4, 0.5) is 0 Å². The van der Waals surface area contributed by atoms with E-state index in [1.807, 2.05) is 17.7 Å². The minimum absolute atomic E-state index is 0.00246. The lowest BCUT2D eigenvalue weighted by atomic mass is 9.95. The lowest BCUT2D eigenvalue weighted by molar-refractivity contribution is -0.119. The molecule has 14 heavy (non-hydrogen) atoms. The van der Waals surface area contributed by atoms with E-state index in [0.717, 1.165) is 5.82 Å². The summed E-state index contributed by atoms with van der Waals surface area (Å²) in [5.74, 6) is 1.22. The minimum Gasteiger partial charge on any atom is -0.327 e. The number of carbonyl (C=O) groups excluding carboxylic acids is 1. The molecule has 0 saturated carbocycles. The Morgan fingerprint density at radius 2 is 2.14 bits per heavy atom. The number of nitrogens with zero attached hydrogens (tertiary/aromatic N) is 2. The first-order chi connectivity index (χ1) is 6.45. The first kappa shape index (κ1) is 11.0. The Morgan fingerprint density at radius 3 is 2.64 bits per heavy atom. The molecule has 1 aromatic heterocycles. The second-order valence-corrected chi connectivity index (χ2v) is 4.52. The summed E-state index contributed by atoms with van der Waals surface area (Å²) in [7, 11) is 0. The Kier molecular flexibility index (Phi) is 3.09. The molecule has 3 nitrogen and oxygen atoms in total. The maximum atomic E-state index is 11.3. The Bertz CT molecular complexity index is 320. The summed E-state index contributed by atoms with van der Waals surface area (Å²) >= 11 is 0. The van der Waals surface area contributed by atoms with Gasteiger partial charge >= 0.3 is 0 Å². The van der Waals surface area contributed by atoms with E-state index in [4.69, 9.17) is 0 Å². The molecule has 0 N–H and O–H groups in total. The van der Waals surface area contributed by atoms with Crippen molar-refractivity contribution >= 4 is 5.78 Å². The second kappa shape index (κ2) is 3.95. The van der Waals surface area contributed by atoms with Crippen LogP contribution in [0.2, 0.25) is 0 Å². The molecule has 0 radical (unpaired) electrons. The monoisotopic (exact) mass is 194 g/mol. The summed E-state index contributed by atoms with van der Waals surface area (Å²) < 4.78 is 1.94. The zero-order valence-corrected chi connectivity index (χ0v) is 9.37. The van der Waals surface area contributed by atoms with Crippen LogP contribution in [0.15, 0.2) is 12.4 Å². The number of hydrogen-bond acceptors (Lipinski definition) is 2. The molecule has 0 saturated heterocycles. The molecule has 78 valence electrons. The quantitative estimate of drug-likeness (QED) is 0.739. The zero-order chi connectivity index (χ0) is 10.8. The smallest absolute Gasteiger partial charge is 0.152 e. The molecule has 0 aliphatic carbocycles. The van der Waals surface area contributed by atoms with E-state index in [-0.39, 0.29) is 11.2 Å². The predicted octanol–water partition coefficient (Wildman–Crippen LogP) is 2.16. The highest BCUT2D eigenvalue weighted by Crippen LogP contribution is 2.19. The van der Waals surface area contributed by atoms with Crippen LogP contribution in [-0.2, 0) is 16.8 Å². The number of hydrogen-bond donors (Lipinski definition) is 0. The Labute approximate surface area is 85.2 Å². The average Bonchev–Trinajstić information content (AvgIpc) is 2.51. The van der Waals surface area contributed by atoms with Gasteiger partial charge in [-0.05, 0) is 0 Å². The van der Waals surface area contributed by atoms with Gasteiger partial charge in [0, 0.05) is 24.2 Å². The van der Waals surface area contributed by atoms with Crippen molar-refractivity contribution in [2.24, 2.45) is 0 Å². The largest absolute Gasteiger partial charge is 0.327 e. The van der Waals surface area contributed by atoms with E-state index in [9.17, 15) is 4.79 Å². The SMILES string of the molecule is CCC(=O)Cn1ccnc1C(C)(C)C. The van der Waals surface area contributed by atoms with Crippen molar-refractivity contribution in [1.29, 1.82) is 0 Å². The number of aromatic nitrogens is 2. The lowest BCUT2D eigenvalue weighted by Crippen LogP contribution is -2.21. The number of carbonyl (C=O) groups is 1. The normalized spacial score (nSPS) is 11.7. The van der Waals surface area contributed by atoms with Gasteiger partial charge in [0.2, 0.25) is 0 Å². The molecule has 1 rings (SSSR count). The van der Waals surface area contributed by atoms with E-state index in [1.54, 1.807) is 6.20 Å². The number of rotatable bonds is 3. The van der Waals surface area contributed by atoms with Gasteiger partial charge in [-0.3, -0.25) is 4.79 Å². The van der Waals surface area contributed by atoms with E-state index in [2.05, 4.69) is 25.8 Å². The van der Waals surface area contributed by atoms with E-state index < -0.39 is 0 Å². The molecular weight excluding hydrogens is 176 g/mol. The van der Waals surface area contributed by atoms with Crippen molar-refractivity contribution in [3.05, 3.63) is 18.2 Å². The maximum Gasteiger partial charge on any atom is 0.152 e. The molecule has 1 aromatic rings. The Balaban J connectivity index is 2.88. The van der Waals surface area contributed by atoms with Crippen LogP contribution in [0, 0.1) is 0 Å². The molecule has 0 aliphatic heterocycles. The van der Waals surface area contributed by atoms with Gasteiger partial charge in [-0.2, -0.15) is 0 Å². The van der Waals surface area contributed by atoms with Crippen molar-refractivity contribution in [2.75, 3.05) is 0 Å². The summed E-state index contributed by atoms with van der Waals surface area (Å²) in [4.78, 5) is 15.6. The summed E-state index contributed by atoms with van der Waals surface area (Å²) in [6, 6.07) is 0. The van der Waals surface area contributed by atoms with Crippen molar-refractivity contribution in [3.63, 3.8) is 0 Å². The fourth-order valence-electron chi connectivity index (χ4n) is 1.38. The van der Waals surface area contributed by atoms with E-state index in [0.29, 0.717) is 13.0 Å². The van der Waals surface area contributed by atoms with Crippen LogP contribution in [0.5, 0.6) is 0 Å². The third-order valence-corrected chi connectivity index (χ3v) is 2.13. The van der Waals surface area contributed by atoms with Crippen LogP contribution < -0.4 is 0 Å². The third kappa shape index (κ3) is 2.44. The van der Waals surface area contributed by atoms with Gasteiger partial charge in [0.1, 0.15) is 5.82 Å². The second-order valence-electron chi connectivity index (χ2n) is 4.52. The molecule has 0 spiro atoms. The molecule has 0 amide bonds. The van der Waals surface area contributed by atoms with Crippen LogP contribution in [-0.4, -0.2) is 15.3 Å². The van der Waals surface area contributed by atoms with Crippen molar-refractivity contribution in [3.8, 4) is 0 Å². The van der Waals surface area contributed by atoms with Crippen molar-refractivity contribution < 1.29 is 4.79 Å². The van der Waals surface area contributed by atoms with Gasteiger partial charge in [0.25, 0.3) is 0 Å². The molecule has 0 fully saturated rings. The lowest BCUT2D eigenvalue weighted by Gasteiger charge is -2.19. The molecule has 0 bridgehead atoms. The van der Waals surface area contributed by atoms with Gasteiger partial charge in [0.15, 0.2) is 5.78 Å². The first-order valence-corrected chi connectivity index (χ1v) is 4.98. The molecular formula is C11H18N2O. The molecule has 0 unspecified atom stereocenters. The zero-order valence-electron chi connectivity index (χ0n) is 9.37. The van der Waals surface area contributed by atoms with Crippen LogP contribution in [0.25, 0.3) is 0 Å². The van der Waals surface area contributed by atoms with E-state index in [1.165, 1.54) is 0 Å². The first-order valence-electron chi connectivity index (χ1n) is 4.98. The Hall–Kier alpha value is -1.12. The standard InChI is InChI=1S/C11H18N2O/c1-5-9(14)8-13-7-6-12-10(13)11(2,3)4/h6-7H,5,8H2,1-4H3. The highest BCUT2D eigenvalue weighted by Gasteiger charge is 2.20. The van der Waals surface area contributed by atoms with Crippen molar-refractivity contribution in [1.82, 2.24) is 9.55 Å². The summed E-state index contributed by atoms with van der Waals surface area (Å²) in [5.41, 5.74) is -0.00246. The minimum atomic E-state index is -0.00246. The molecule has 3 heteroatoms. The topological polar surface area (TPSA) is 34.9 Å². The van der Waals surface area contributed by atoms with Gasteiger partial charge in [-0.25, -0.2) is 4.98 Å². The van der Waals surface area contributed by atoms with Crippen molar-refractivity contribution in [2.45, 2.75) is 46.1 Å². The number of Topliss-reactive ketones (excluding diaryl/α,β-unsaturated/α-hetero) is 1. The molecule has 1 heterocycles. The molecule has 0 aliphatic rings. The highest BCUT2D eigenvalue weighted by atomic mass is 16.1. The average molecular weight is 194 g/mol. The molecule has 0 aromatic carbocycles. The number of imidazole rings is 1. The van der Waals surface area contributed by atoms with Crippen LogP contribution >= 0.6 is 0 Å². The third-order valence-electron chi connectivity index (χ3n) is 2.13. The van der Waals surface area contributed by atoms with Gasteiger partial charge in [-0.1, -0.05) is 27.7 Å². The van der Waals surface area contributed by atoms with Gasteiger partial charge in [-0.15, -0.1) is 0 Å². The van der Waals surface area contributed by atoms with E-state index >= 15 is 0 Å². The summed E-state index contributed by atoms with van der Waals surface area (Å²) in [5, 5.41) is 0. The predicted molar refractivity (Wildman–Crippen MR) is 56.2 cm³/mol. The fourth-order valence-corrected chi connectivity index (χ4v) is 1.38. The molecule has 0 atom stereocenters. The number of ketones is 1. The summed E-state index contributed by atoms with van der Waals surface area (Å²) in [6.45, 7) is 8.63. The fraction of sp³-hybridized carbons (Fsp3) is 0.636. The maximum absolute atomic E-state index is 11.3. The Morgan fingerprint density at radius 1 is 1.50 bits per heavy atom. The highest BCUT2D eigenvalue weighted by molar-refractivity contribution is 5.77. The van der Waals surface area contributed by atoms with Crippen LogP contribution in [0.3, 0.4) is 0 Å². The van der Waals surface area contributed by atoms with Gasteiger partial charge in [0.05, 0.1) is 6.54 Å².